The van der Waals surface area contributed by atoms with Crippen molar-refractivity contribution in [3.05, 3.63) is 51.7 Å². The van der Waals surface area contributed by atoms with E-state index in [1.54, 1.807) is 6.92 Å². The van der Waals surface area contributed by atoms with Gasteiger partial charge < -0.3 is 30.2 Å². The summed E-state index contributed by atoms with van der Waals surface area (Å²) in [5, 5.41) is 21.9. The fourth-order valence-corrected chi connectivity index (χ4v) is 3.71. The average molecular weight is 449 g/mol. The minimum absolute atomic E-state index is 0.0300. The van der Waals surface area contributed by atoms with E-state index in [4.69, 9.17) is 26.5 Å². The molecule has 0 aromatic heterocycles. The van der Waals surface area contributed by atoms with E-state index in [0.717, 1.165) is 11.8 Å². The lowest BCUT2D eigenvalue weighted by molar-refractivity contribution is 0.0686. The van der Waals surface area contributed by atoms with Gasteiger partial charge in [-0.05, 0) is 26.0 Å². The van der Waals surface area contributed by atoms with Gasteiger partial charge in [0.2, 0.25) is 0 Å². The van der Waals surface area contributed by atoms with Crippen LogP contribution in [0.3, 0.4) is 0 Å². The molecule has 2 atom stereocenters. The van der Waals surface area contributed by atoms with Gasteiger partial charge in [0.25, 0.3) is 5.91 Å². The number of likely N-dealkylation sites (tertiary alicyclic amines) is 1. The SMILES string of the molecule is CC1=N/C(=C2\CN(C(=O)c3ccc(F)cc3O[C@H]3COC[C@@H]3O)CC2=N)NC(C)=C1Cl. The maximum Gasteiger partial charge on any atom is 0.258 e. The number of carbonyl (C=O) groups is 1. The van der Waals surface area contributed by atoms with Gasteiger partial charge in [0.1, 0.15) is 29.6 Å². The highest BCUT2D eigenvalue weighted by Gasteiger charge is 2.34. The number of ether oxygens (including phenoxy) is 2. The highest BCUT2D eigenvalue weighted by molar-refractivity contribution is 6.43. The molecule has 10 heteroatoms. The Labute approximate surface area is 183 Å². The summed E-state index contributed by atoms with van der Waals surface area (Å²) in [4.78, 5) is 19.1. The van der Waals surface area contributed by atoms with Crippen molar-refractivity contribution in [3.8, 4) is 5.75 Å². The molecule has 0 radical (unpaired) electrons. The molecule has 1 amide bonds. The Morgan fingerprint density at radius 2 is 2.16 bits per heavy atom. The fourth-order valence-electron chi connectivity index (χ4n) is 3.62. The Hall–Kier alpha value is -2.75. The highest BCUT2D eigenvalue weighted by Crippen LogP contribution is 2.28. The molecule has 0 spiro atoms. The number of aliphatic hydroxyl groups is 1. The molecule has 1 aromatic carbocycles. The number of allylic oxidation sites excluding steroid dienone is 2. The number of halogens is 2. The molecule has 2 saturated heterocycles. The van der Waals surface area contributed by atoms with Crippen LogP contribution in [0.25, 0.3) is 0 Å². The molecular weight excluding hydrogens is 427 g/mol. The summed E-state index contributed by atoms with van der Waals surface area (Å²) in [6.07, 6.45) is -1.55. The lowest BCUT2D eigenvalue weighted by atomic mass is 10.1. The van der Waals surface area contributed by atoms with Crippen LogP contribution in [-0.2, 0) is 4.74 Å². The molecule has 2 fully saturated rings. The second-order valence-corrected chi connectivity index (χ2v) is 8.01. The second-order valence-electron chi connectivity index (χ2n) is 7.63. The Bertz CT molecular complexity index is 1050. The number of aliphatic imine (C=N–C) groups is 1. The third kappa shape index (κ3) is 4.21. The first-order valence-electron chi connectivity index (χ1n) is 9.76. The van der Waals surface area contributed by atoms with Crippen LogP contribution in [0.4, 0.5) is 4.39 Å². The maximum absolute atomic E-state index is 13.9. The van der Waals surface area contributed by atoms with E-state index in [2.05, 4.69) is 10.3 Å². The number of nitrogens with zero attached hydrogens (tertiary/aromatic N) is 2. The molecule has 0 bridgehead atoms. The number of amides is 1. The van der Waals surface area contributed by atoms with Crippen molar-refractivity contribution in [2.45, 2.75) is 26.1 Å². The summed E-state index contributed by atoms with van der Waals surface area (Å²) < 4.78 is 24.7. The van der Waals surface area contributed by atoms with Crippen molar-refractivity contribution in [3.63, 3.8) is 0 Å². The van der Waals surface area contributed by atoms with Crippen molar-refractivity contribution in [1.82, 2.24) is 10.2 Å². The summed E-state index contributed by atoms with van der Waals surface area (Å²) in [7, 11) is 0. The first-order valence-corrected chi connectivity index (χ1v) is 10.1. The van der Waals surface area contributed by atoms with E-state index in [-0.39, 0.29) is 43.3 Å². The maximum atomic E-state index is 13.9. The predicted octanol–water partition coefficient (Wildman–Crippen LogP) is 2.19. The minimum Gasteiger partial charge on any atom is -0.484 e. The summed E-state index contributed by atoms with van der Waals surface area (Å²) in [6.45, 7) is 4.09. The number of nitrogens with one attached hydrogen (secondary N) is 2. The normalized spacial score (nSPS) is 26.3. The molecular formula is C21H22ClFN4O4. The number of hydrogen-bond acceptors (Lipinski definition) is 7. The Morgan fingerprint density at radius 1 is 1.39 bits per heavy atom. The Balaban J connectivity index is 1.59. The average Bonchev–Trinajstić information content (AvgIpc) is 3.31. The zero-order valence-corrected chi connectivity index (χ0v) is 17.8. The van der Waals surface area contributed by atoms with Gasteiger partial charge in [-0.15, -0.1) is 0 Å². The topological polar surface area (TPSA) is 107 Å². The smallest absolute Gasteiger partial charge is 0.258 e. The first-order chi connectivity index (χ1) is 14.7. The summed E-state index contributed by atoms with van der Waals surface area (Å²) in [5.74, 6) is -0.457. The van der Waals surface area contributed by atoms with Crippen molar-refractivity contribution in [2.24, 2.45) is 4.99 Å². The van der Waals surface area contributed by atoms with Gasteiger partial charge in [-0.3, -0.25) is 4.79 Å². The molecule has 3 aliphatic heterocycles. The monoisotopic (exact) mass is 448 g/mol. The summed E-state index contributed by atoms with van der Waals surface area (Å²) in [6, 6.07) is 3.64. The standard InChI is InChI=1S/C21H22ClFN4O4/c1-10-19(22)11(2)26-20(25-10)14-6-27(7-15(14)24)21(29)13-4-3-12(23)5-17(13)31-18-9-30-8-16(18)28/h3-5,16,18,24-25,28H,6-9H2,1-2H3/b20-14+,24-15?/t16-,18-/m0/s1. The molecule has 164 valence electrons. The first kappa shape index (κ1) is 21.5. The van der Waals surface area contributed by atoms with E-state index in [9.17, 15) is 14.3 Å². The lowest BCUT2D eigenvalue weighted by Gasteiger charge is -2.21. The van der Waals surface area contributed by atoms with Gasteiger partial charge in [-0.2, -0.15) is 0 Å². The van der Waals surface area contributed by atoms with Crippen molar-refractivity contribution in [2.75, 3.05) is 26.3 Å². The van der Waals surface area contributed by atoms with Crippen LogP contribution < -0.4 is 10.1 Å². The lowest BCUT2D eigenvalue weighted by Crippen LogP contribution is -2.32. The predicted molar refractivity (Wildman–Crippen MR) is 113 cm³/mol. The number of aliphatic hydroxyl groups excluding tert-OH is 1. The van der Waals surface area contributed by atoms with Crippen LogP contribution >= 0.6 is 11.6 Å². The van der Waals surface area contributed by atoms with Crippen molar-refractivity contribution in [1.29, 1.82) is 5.41 Å². The molecule has 0 saturated carbocycles. The molecule has 31 heavy (non-hydrogen) atoms. The number of carbonyl (C=O) groups excluding carboxylic acids is 1. The van der Waals surface area contributed by atoms with Gasteiger partial charge in [0.15, 0.2) is 0 Å². The van der Waals surface area contributed by atoms with Crippen molar-refractivity contribution >= 4 is 28.9 Å². The van der Waals surface area contributed by atoms with Gasteiger partial charge in [0.05, 0.1) is 48.3 Å². The van der Waals surface area contributed by atoms with Gasteiger partial charge in [-0.25, -0.2) is 9.38 Å². The van der Waals surface area contributed by atoms with E-state index in [1.807, 2.05) is 6.92 Å². The van der Waals surface area contributed by atoms with Gasteiger partial charge in [0, 0.05) is 17.3 Å². The molecule has 8 nitrogen and oxygen atoms in total. The van der Waals surface area contributed by atoms with Gasteiger partial charge >= 0.3 is 0 Å². The van der Waals surface area contributed by atoms with Crippen LogP contribution in [0.5, 0.6) is 5.75 Å². The van der Waals surface area contributed by atoms with Crippen LogP contribution in [0.15, 0.2) is 45.3 Å². The molecule has 3 N–H and O–H groups in total. The fraction of sp³-hybridized carbons (Fsp3) is 0.381. The third-order valence-electron chi connectivity index (χ3n) is 5.32. The van der Waals surface area contributed by atoms with E-state index >= 15 is 0 Å². The Kier molecular flexibility index (Phi) is 5.83. The number of rotatable bonds is 3. The summed E-state index contributed by atoms with van der Waals surface area (Å²) in [5.41, 5.74) is 2.34. The molecule has 0 aliphatic carbocycles. The second kappa shape index (κ2) is 8.41. The van der Waals surface area contributed by atoms with Crippen LogP contribution in [0, 0.1) is 11.2 Å². The third-order valence-corrected chi connectivity index (χ3v) is 5.88. The minimum atomic E-state index is -0.857. The van der Waals surface area contributed by atoms with Gasteiger partial charge in [-0.1, -0.05) is 11.6 Å². The molecule has 3 aliphatic rings. The number of benzene rings is 1. The van der Waals surface area contributed by atoms with E-state index in [0.29, 0.717) is 22.1 Å². The Morgan fingerprint density at radius 3 is 2.84 bits per heavy atom. The summed E-state index contributed by atoms with van der Waals surface area (Å²) >= 11 is 6.17. The van der Waals surface area contributed by atoms with Crippen LogP contribution in [0.2, 0.25) is 0 Å². The van der Waals surface area contributed by atoms with E-state index < -0.39 is 23.9 Å². The van der Waals surface area contributed by atoms with Crippen molar-refractivity contribution < 1.29 is 23.8 Å². The quantitative estimate of drug-likeness (QED) is 0.657. The molecule has 1 aromatic rings. The molecule has 0 unspecified atom stereocenters. The van der Waals surface area contributed by atoms with Crippen LogP contribution in [0.1, 0.15) is 24.2 Å². The zero-order valence-electron chi connectivity index (χ0n) is 17.0. The molecule has 3 heterocycles. The zero-order chi connectivity index (χ0) is 22.3. The van der Waals surface area contributed by atoms with Crippen LogP contribution in [-0.4, -0.2) is 65.8 Å². The number of hydrogen-bond donors (Lipinski definition) is 3. The largest absolute Gasteiger partial charge is 0.484 e. The highest BCUT2D eigenvalue weighted by atomic mass is 35.5. The van der Waals surface area contributed by atoms with E-state index in [1.165, 1.54) is 17.0 Å². The molecule has 4 rings (SSSR count).